The van der Waals surface area contributed by atoms with Crippen molar-refractivity contribution in [3.8, 4) is 0 Å². The Morgan fingerprint density at radius 3 is 2.73 bits per heavy atom. The molecule has 15 heavy (non-hydrogen) atoms. The van der Waals surface area contributed by atoms with Gasteiger partial charge in [0.25, 0.3) is 0 Å². The van der Waals surface area contributed by atoms with Crippen molar-refractivity contribution in [1.29, 1.82) is 0 Å². The molecular weight excluding hydrogens is 208 g/mol. The number of benzene rings is 1. The van der Waals surface area contributed by atoms with Crippen LogP contribution >= 0.6 is 11.6 Å². The van der Waals surface area contributed by atoms with Crippen LogP contribution in [0.25, 0.3) is 0 Å². The summed E-state index contributed by atoms with van der Waals surface area (Å²) >= 11 is 5.91. The van der Waals surface area contributed by atoms with Gasteiger partial charge < -0.3 is 4.57 Å². The largest absolute Gasteiger partial charge is 0.331 e. The molecule has 0 spiro atoms. The predicted octanol–water partition coefficient (Wildman–Crippen LogP) is 3.20. The van der Waals surface area contributed by atoms with Crippen molar-refractivity contribution in [2.24, 2.45) is 0 Å². The third-order valence-electron chi connectivity index (χ3n) is 2.57. The van der Waals surface area contributed by atoms with E-state index < -0.39 is 0 Å². The lowest BCUT2D eigenvalue weighted by Crippen LogP contribution is -2.02. The van der Waals surface area contributed by atoms with Gasteiger partial charge in [0.2, 0.25) is 0 Å². The Morgan fingerprint density at radius 1 is 1.33 bits per heavy atom. The molecule has 1 aromatic carbocycles. The van der Waals surface area contributed by atoms with Gasteiger partial charge in [-0.25, -0.2) is 4.98 Å². The summed E-state index contributed by atoms with van der Waals surface area (Å²) in [5.41, 5.74) is 2.50. The monoisotopic (exact) mass is 220 g/mol. The first kappa shape index (κ1) is 10.2. The molecule has 0 aliphatic heterocycles. The fourth-order valence-corrected chi connectivity index (χ4v) is 1.82. The molecule has 0 atom stereocenters. The Balaban J connectivity index is 2.29. The molecule has 0 saturated heterocycles. The van der Waals surface area contributed by atoms with Gasteiger partial charge in [0, 0.05) is 24.0 Å². The van der Waals surface area contributed by atoms with Crippen LogP contribution in [0.3, 0.4) is 0 Å². The average Bonchev–Trinajstić information content (AvgIpc) is 2.57. The van der Waals surface area contributed by atoms with E-state index in [0.717, 1.165) is 17.4 Å². The molecule has 78 valence electrons. The van der Waals surface area contributed by atoms with Crippen LogP contribution in [0.5, 0.6) is 0 Å². The Morgan fingerprint density at radius 2 is 2.13 bits per heavy atom. The lowest BCUT2D eigenvalue weighted by Gasteiger charge is -2.08. The van der Waals surface area contributed by atoms with E-state index in [4.69, 9.17) is 11.6 Å². The molecule has 3 heteroatoms. The molecule has 0 fully saturated rings. The first-order valence-electron chi connectivity index (χ1n) is 4.89. The number of nitrogens with zero attached hydrogens (tertiary/aromatic N) is 2. The number of halogens is 1. The van der Waals surface area contributed by atoms with Gasteiger partial charge >= 0.3 is 0 Å². The minimum Gasteiger partial charge on any atom is -0.331 e. The highest BCUT2D eigenvalue weighted by Crippen LogP contribution is 2.16. The molecule has 0 aliphatic carbocycles. The zero-order chi connectivity index (χ0) is 10.8. The summed E-state index contributed by atoms with van der Waals surface area (Å²) in [6, 6.07) is 5.98. The molecule has 0 radical (unpaired) electrons. The lowest BCUT2D eigenvalue weighted by atomic mass is 10.1. The second-order valence-electron chi connectivity index (χ2n) is 3.67. The molecule has 0 unspecified atom stereocenters. The van der Waals surface area contributed by atoms with Crippen LogP contribution in [-0.2, 0) is 6.54 Å². The number of aromatic nitrogens is 2. The highest BCUT2D eigenvalue weighted by molar-refractivity contribution is 6.30. The molecule has 0 aliphatic rings. The second-order valence-corrected chi connectivity index (χ2v) is 4.11. The highest BCUT2D eigenvalue weighted by Gasteiger charge is 2.02. The first-order chi connectivity index (χ1) is 7.16. The fraction of sp³-hybridized carbons (Fsp3) is 0.250. The second kappa shape index (κ2) is 4.07. The number of imidazole rings is 1. The number of rotatable bonds is 2. The van der Waals surface area contributed by atoms with Gasteiger partial charge in [-0.05, 0) is 37.1 Å². The van der Waals surface area contributed by atoms with Crippen molar-refractivity contribution < 1.29 is 0 Å². The molecule has 0 saturated carbocycles. The smallest absolute Gasteiger partial charge is 0.105 e. The van der Waals surface area contributed by atoms with E-state index >= 15 is 0 Å². The van der Waals surface area contributed by atoms with Crippen molar-refractivity contribution in [2.75, 3.05) is 0 Å². The van der Waals surface area contributed by atoms with E-state index in [2.05, 4.69) is 22.5 Å². The topological polar surface area (TPSA) is 17.8 Å². The summed E-state index contributed by atoms with van der Waals surface area (Å²) in [7, 11) is 0. The fourth-order valence-electron chi connectivity index (χ4n) is 1.59. The predicted molar refractivity (Wildman–Crippen MR) is 62.3 cm³/mol. The van der Waals surface area contributed by atoms with Crippen molar-refractivity contribution >= 4 is 11.6 Å². The third-order valence-corrected chi connectivity index (χ3v) is 2.80. The van der Waals surface area contributed by atoms with E-state index in [1.54, 1.807) is 0 Å². The standard InChI is InChI=1S/C12H13ClN2/c1-9-7-12(13)4-3-11(9)8-15-6-5-14-10(15)2/h3-7H,8H2,1-2H3. The van der Waals surface area contributed by atoms with Crippen LogP contribution in [0.1, 0.15) is 17.0 Å². The minimum atomic E-state index is 0.790. The zero-order valence-electron chi connectivity index (χ0n) is 8.87. The Hall–Kier alpha value is -1.28. The number of hydrogen-bond donors (Lipinski definition) is 0. The summed E-state index contributed by atoms with van der Waals surface area (Å²) in [4.78, 5) is 4.20. The van der Waals surface area contributed by atoms with E-state index in [1.807, 2.05) is 31.5 Å². The third kappa shape index (κ3) is 2.21. The SMILES string of the molecule is Cc1cc(Cl)ccc1Cn1ccnc1C. The van der Waals surface area contributed by atoms with Crippen molar-refractivity contribution in [3.63, 3.8) is 0 Å². The zero-order valence-corrected chi connectivity index (χ0v) is 9.62. The van der Waals surface area contributed by atoms with Gasteiger partial charge in [-0.3, -0.25) is 0 Å². The summed E-state index contributed by atoms with van der Waals surface area (Å²) in [5.74, 6) is 1.03. The van der Waals surface area contributed by atoms with Crippen LogP contribution in [-0.4, -0.2) is 9.55 Å². The molecular formula is C12H13ClN2. The quantitative estimate of drug-likeness (QED) is 0.760. The van der Waals surface area contributed by atoms with Crippen molar-refractivity contribution in [1.82, 2.24) is 9.55 Å². The van der Waals surface area contributed by atoms with Crippen molar-refractivity contribution in [3.05, 3.63) is 52.6 Å². The maximum atomic E-state index is 5.91. The summed E-state index contributed by atoms with van der Waals surface area (Å²) in [6.07, 6.45) is 3.81. The molecule has 1 aromatic heterocycles. The van der Waals surface area contributed by atoms with Crippen LogP contribution in [0.4, 0.5) is 0 Å². The van der Waals surface area contributed by atoms with Gasteiger partial charge in [-0.2, -0.15) is 0 Å². The number of hydrogen-bond acceptors (Lipinski definition) is 1. The Kier molecular flexibility index (Phi) is 2.78. The van der Waals surface area contributed by atoms with Gasteiger partial charge in [-0.1, -0.05) is 17.7 Å². The van der Waals surface area contributed by atoms with E-state index in [-0.39, 0.29) is 0 Å². The van der Waals surface area contributed by atoms with E-state index in [1.165, 1.54) is 11.1 Å². The minimum absolute atomic E-state index is 0.790. The van der Waals surface area contributed by atoms with Gasteiger partial charge in [0.05, 0.1) is 0 Å². The van der Waals surface area contributed by atoms with Crippen molar-refractivity contribution in [2.45, 2.75) is 20.4 Å². The molecule has 0 bridgehead atoms. The molecule has 1 heterocycles. The Labute approximate surface area is 94.5 Å². The maximum Gasteiger partial charge on any atom is 0.105 e. The Bertz CT molecular complexity index is 474. The average molecular weight is 221 g/mol. The van der Waals surface area contributed by atoms with E-state index in [9.17, 15) is 0 Å². The summed E-state index contributed by atoms with van der Waals surface area (Å²) in [5, 5.41) is 0.790. The highest BCUT2D eigenvalue weighted by atomic mass is 35.5. The summed E-state index contributed by atoms with van der Waals surface area (Å²) < 4.78 is 2.12. The molecule has 0 N–H and O–H groups in total. The van der Waals surface area contributed by atoms with Gasteiger partial charge in [0.1, 0.15) is 5.82 Å². The van der Waals surface area contributed by atoms with Crippen LogP contribution in [0.2, 0.25) is 5.02 Å². The normalized spacial score (nSPS) is 10.6. The molecule has 0 amide bonds. The molecule has 2 nitrogen and oxygen atoms in total. The van der Waals surface area contributed by atoms with Crippen LogP contribution < -0.4 is 0 Å². The first-order valence-corrected chi connectivity index (χ1v) is 5.27. The van der Waals surface area contributed by atoms with Gasteiger partial charge in [-0.15, -0.1) is 0 Å². The molecule has 2 rings (SSSR count). The van der Waals surface area contributed by atoms with Crippen LogP contribution in [0.15, 0.2) is 30.6 Å². The van der Waals surface area contributed by atoms with Crippen LogP contribution in [0, 0.1) is 13.8 Å². The summed E-state index contributed by atoms with van der Waals surface area (Å²) in [6.45, 7) is 4.94. The maximum absolute atomic E-state index is 5.91. The molecule has 2 aromatic rings. The van der Waals surface area contributed by atoms with E-state index in [0.29, 0.717) is 0 Å². The van der Waals surface area contributed by atoms with Gasteiger partial charge in [0.15, 0.2) is 0 Å². The lowest BCUT2D eigenvalue weighted by molar-refractivity contribution is 0.758. The number of aryl methyl sites for hydroxylation is 2.